The highest BCUT2D eigenvalue weighted by Crippen LogP contribution is 2.63. The van der Waals surface area contributed by atoms with Crippen LogP contribution < -0.4 is 64.5 Å². The first-order chi connectivity index (χ1) is 31.1. The van der Waals surface area contributed by atoms with Crippen LogP contribution >= 0.6 is 70.4 Å². The Hall–Kier alpha value is 0.260. The summed E-state index contributed by atoms with van der Waals surface area (Å²) in [6.45, 7) is 1.05. The maximum absolute atomic E-state index is 11.5. The molecule has 0 aromatic heterocycles. The van der Waals surface area contributed by atoms with Crippen molar-refractivity contribution in [2.45, 2.75) is 87.9 Å². The average molecular weight is 1200 g/mol. The van der Waals surface area contributed by atoms with Gasteiger partial charge in [0.25, 0.3) is 46.9 Å². The summed E-state index contributed by atoms with van der Waals surface area (Å²) < 4.78 is 140. The van der Waals surface area contributed by atoms with Crippen LogP contribution in [-0.4, -0.2) is 101 Å². The highest BCUT2D eigenvalue weighted by Gasteiger charge is 2.48. The molecule has 10 unspecified atom stereocenters. The summed E-state index contributed by atoms with van der Waals surface area (Å²) in [6, 6.07) is 0. The molecule has 3 fully saturated rings. The third-order valence-electron chi connectivity index (χ3n) is 8.63. The number of aliphatic hydroxyl groups is 4. The van der Waals surface area contributed by atoms with Gasteiger partial charge in [-0.15, -0.1) is 0 Å². The van der Waals surface area contributed by atoms with E-state index < -0.39 is 151 Å². The monoisotopic (exact) mass is 1200 g/mol. The van der Waals surface area contributed by atoms with Crippen LogP contribution in [0.15, 0.2) is 5.11 Å². The van der Waals surface area contributed by atoms with E-state index in [2.05, 4.69) is 49.5 Å². The molecule has 3 aliphatic rings. The lowest BCUT2D eigenvalue weighted by molar-refractivity contribution is -0.342. The van der Waals surface area contributed by atoms with Gasteiger partial charge in [-0.1, -0.05) is 12.0 Å². The molecule has 1 saturated carbocycles. The largest absolute Gasteiger partial charge is 0.790 e. The molecule has 0 aromatic rings. The van der Waals surface area contributed by atoms with Crippen molar-refractivity contribution in [2.75, 3.05) is 32.9 Å². The third kappa shape index (κ3) is 25.4. The Balaban J connectivity index is 0.000000526. The summed E-state index contributed by atoms with van der Waals surface area (Å²) in [5.74, 6) is -1.35. The lowest BCUT2D eigenvalue weighted by Gasteiger charge is -2.38. The normalized spacial score (nSPS) is 33.5. The van der Waals surface area contributed by atoms with Gasteiger partial charge in [0.15, 0.2) is 0 Å². The van der Waals surface area contributed by atoms with Gasteiger partial charge in [0.2, 0.25) is 0 Å². The van der Waals surface area contributed by atoms with E-state index in [1.165, 1.54) is 6.92 Å². The molecule has 0 amide bonds. The van der Waals surface area contributed by atoms with Crippen LogP contribution in [0.1, 0.15) is 40.0 Å². The van der Waals surface area contributed by atoms with Gasteiger partial charge in [0, 0.05) is 30.2 Å². The molecule has 49 heteroatoms. The van der Waals surface area contributed by atoms with Gasteiger partial charge in [-0.2, -0.15) is 0 Å². The highest BCUT2D eigenvalue weighted by atomic mass is 31.3. The maximum atomic E-state index is 11.5. The van der Waals surface area contributed by atoms with E-state index >= 15 is 0 Å². The predicted molar refractivity (Wildman–Crippen MR) is 193 cm³/mol. The van der Waals surface area contributed by atoms with Gasteiger partial charge in [0.05, 0.1) is 86.5 Å². The zero-order valence-electron chi connectivity index (χ0n) is 35.1. The molecule has 0 bridgehead atoms. The standard InChI is InChI=1S/C7H16N3O12P3.C7H18NO12P3.C7H17O12P3/c1-5-2-6(11)7(20-5,3-9-10-8)4-19-24(15,16)22-25(17,18)21-23(12,13)14;1-5-2-6(9)7(3-8,18-5)4-17-22(13,14)20-23(15,16)19-21(10,11)12;1-4-2-6(8)5(7(4)9)3-17-21(13,14)19-22(15,16)18-20(10,11)12/h5-6,11H,2-4H2,1H3,(H,15,16)(H,17,18)(H2,12,13,14);5-6,9H,2-4,8H2,1H3,(H,13,14)(H,15,16)(H2,10,11,12);4-9H,2-3H2,1H3,(H,13,14)(H,15,16)(H2,10,11,12)/p-12/t2*5-,6?,7+;4-,5+,6?,7?/m000/s1. The second kappa shape index (κ2) is 26.1. The first-order valence-corrected chi connectivity index (χ1v) is 31.2. The topological polar surface area (TPSA) is 688 Å². The highest BCUT2D eigenvalue weighted by molar-refractivity contribution is 7.66. The quantitative estimate of drug-likeness (QED) is 0.0259. The molecule has 70 heavy (non-hydrogen) atoms. The van der Waals surface area contributed by atoms with Gasteiger partial charge < -0.3 is 122 Å². The molecule has 16 atom stereocenters. The van der Waals surface area contributed by atoms with Crippen LogP contribution in [0.4, 0.5) is 0 Å². The van der Waals surface area contributed by atoms with Crippen LogP contribution in [0, 0.1) is 11.8 Å². The number of aliphatic hydroxyl groups excluding tert-OH is 4. The minimum absolute atomic E-state index is 0.0348. The van der Waals surface area contributed by atoms with E-state index in [4.69, 9.17) is 20.7 Å². The Morgan fingerprint density at radius 1 is 0.571 bits per heavy atom. The van der Waals surface area contributed by atoms with Crippen LogP contribution in [0.2, 0.25) is 0 Å². The van der Waals surface area contributed by atoms with Crippen LogP contribution in [-0.2, 0) is 90.0 Å². The first kappa shape index (κ1) is 68.3. The summed E-state index contributed by atoms with van der Waals surface area (Å²) in [5.41, 5.74) is 10.3. The molecule has 0 spiro atoms. The number of nitrogens with two attached hydrogens (primary N) is 1. The summed E-state index contributed by atoms with van der Waals surface area (Å²) in [4.78, 5) is 131. The molecule has 2 aliphatic heterocycles. The minimum atomic E-state index is -6.10. The fourth-order valence-electron chi connectivity index (χ4n) is 5.91. The van der Waals surface area contributed by atoms with Crippen LogP contribution in [0.5, 0.6) is 0 Å². The number of hydrogen-bond acceptors (Lipinski definition) is 38. The van der Waals surface area contributed by atoms with E-state index in [0.29, 0.717) is 0 Å². The second-order valence-corrected chi connectivity index (χ2v) is 27.1. The fourth-order valence-corrected chi connectivity index (χ4v) is 14.6. The molecular weight excluding hydrogens is 1160 g/mol. The van der Waals surface area contributed by atoms with Gasteiger partial charge in [-0.05, 0) is 31.7 Å². The van der Waals surface area contributed by atoms with Crippen molar-refractivity contribution in [1.29, 1.82) is 0 Å². The number of hydrogen-bond donors (Lipinski definition) is 5. The molecular formula is C21H39N4O36P9-12. The zero-order chi connectivity index (χ0) is 55.0. The van der Waals surface area contributed by atoms with E-state index in [9.17, 15) is 120 Å². The van der Waals surface area contributed by atoms with Gasteiger partial charge in [0.1, 0.15) is 11.2 Å². The number of ether oxygens (including phenoxy) is 2. The smallest absolute Gasteiger partial charge is 0.278 e. The number of azide groups is 1. The molecule has 0 aromatic carbocycles. The van der Waals surface area contributed by atoms with Crippen LogP contribution in [0.3, 0.4) is 0 Å². The van der Waals surface area contributed by atoms with Crippen molar-refractivity contribution in [3.8, 4) is 0 Å². The summed E-state index contributed by atoms with van der Waals surface area (Å²) in [5, 5.41) is 42.2. The van der Waals surface area contributed by atoms with Crippen molar-refractivity contribution < 1.29 is 169 Å². The van der Waals surface area contributed by atoms with Gasteiger partial charge in [-0.25, -0.2) is 12.9 Å². The first-order valence-electron chi connectivity index (χ1n) is 18.1. The fraction of sp³-hybridized carbons (Fsp3) is 1.00. The Kier molecular flexibility index (Phi) is 25.4. The van der Waals surface area contributed by atoms with Crippen LogP contribution in [0.25, 0.3) is 10.4 Å². The predicted octanol–water partition coefficient (Wildman–Crippen LogP) is -8.13. The molecule has 0 radical (unpaired) electrons. The molecule has 3 rings (SSSR count). The lowest BCUT2D eigenvalue weighted by atomic mass is 9.98. The van der Waals surface area contributed by atoms with E-state index in [0.717, 1.165) is 0 Å². The van der Waals surface area contributed by atoms with Gasteiger partial charge in [-0.3, -0.25) is 40.3 Å². The number of phosphoric acid groups is 9. The Labute approximate surface area is 392 Å². The van der Waals surface area contributed by atoms with Gasteiger partial charge >= 0.3 is 0 Å². The summed E-state index contributed by atoms with van der Waals surface area (Å²) in [6.07, 6.45) is -5.38. The van der Waals surface area contributed by atoms with Crippen molar-refractivity contribution in [3.05, 3.63) is 10.4 Å². The Morgan fingerprint density at radius 2 is 0.914 bits per heavy atom. The average Bonchev–Trinajstić information content (AvgIpc) is 3.65. The zero-order valence-corrected chi connectivity index (χ0v) is 43.1. The van der Waals surface area contributed by atoms with Crippen molar-refractivity contribution in [1.82, 2.24) is 0 Å². The van der Waals surface area contributed by atoms with E-state index in [1.807, 2.05) is 0 Å². The molecule has 416 valence electrons. The van der Waals surface area contributed by atoms with Crippen molar-refractivity contribution >= 4 is 70.4 Å². The molecule has 40 nitrogen and oxygen atoms in total. The SMILES string of the molecule is C[C@H]1CC(O)[C@@H](COP(=O)([O-])OP(=O)([O-])OP(=O)([O-])[O-])C1O.C[C@H]1CC(O)[C@@](CN)(COP(=O)([O-])OP(=O)([O-])OP(=O)([O-])[O-])O1.C[C@H]1CC(O)[C@@](CN=[N+]=[N-])(COP(=O)([O-])OP(=O)([O-])OP(=O)([O-])[O-])O1. The van der Waals surface area contributed by atoms with E-state index in [1.54, 1.807) is 13.8 Å². The maximum Gasteiger partial charge on any atom is 0.278 e. The molecule has 2 heterocycles. The minimum Gasteiger partial charge on any atom is -0.790 e. The lowest BCUT2D eigenvalue weighted by Crippen LogP contribution is -2.50. The Bertz CT molecular complexity index is 2250. The summed E-state index contributed by atoms with van der Waals surface area (Å²) in [7, 11) is -53.3. The Morgan fingerprint density at radius 3 is 1.20 bits per heavy atom. The second-order valence-electron chi connectivity index (χ2n) is 14.4. The van der Waals surface area contributed by atoms with E-state index in [-0.39, 0.29) is 31.7 Å². The van der Waals surface area contributed by atoms with Crippen molar-refractivity contribution in [3.63, 3.8) is 0 Å². The summed E-state index contributed by atoms with van der Waals surface area (Å²) >= 11 is 0. The number of rotatable bonds is 24. The number of phosphoric ester groups is 3. The third-order valence-corrected chi connectivity index (χ3v) is 19.6. The molecule has 6 N–H and O–H groups in total. The number of nitrogens with zero attached hydrogens (tertiary/aromatic N) is 3. The van der Waals surface area contributed by atoms with Crippen molar-refractivity contribution in [2.24, 2.45) is 22.7 Å². The molecule has 2 saturated heterocycles. The molecule has 1 aliphatic carbocycles.